The average Bonchev–Trinajstić information content (AvgIpc) is 2.32. The summed E-state index contributed by atoms with van der Waals surface area (Å²) in [6.07, 6.45) is 4.91. The van der Waals surface area contributed by atoms with Crippen LogP contribution in [0, 0.1) is 5.82 Å². The van der Waals surface area contributed by atoms with E-state index in [9.17, 15) is 4.39 Å². The molecule has 0 aliphatic carbocycles. The van der Waals surface area contributed by atoms with Crippen molar-refractivity contribution in [2.75, 3.05) is 5.73 Å². The Kier molecular flexibility index (Phi) is 3.10. The summed E-state index contributed by atoms with van der Waals surface area (Å²) in [5.41, 5.74) is 6.66. The molecule has 4 heteroatoms. The van der Waals surface area contributed by atoms with Crippen molar-refractivity contribution in [3.63, 3.8) is 0 Å². The molecule has 0 bridgehead atoms. The molecular weight excluding hydrogens is 205 g/mol. The van der Waals surface area contributed by atoms with E-state index in [-0.39, 0.29) is 11.5 Å². The number of anilines is 1. The van der Waals surface area contributed by atoms with E-state index in [4.69, 9.17) is 5.73 Å². The molecule has 1 aromatic heterocycles. The number of aryl methyl sites for hydroxylation is 2. The van der Waals surface area contributed by atoms with Crippen LogP contribution in [-0.2, 0) is 12.8 Å². The van der Waals surface area contributed by atoms with E-state index in [1.807, 2.05) is 0 Å². The maximum absolute atomic E-state index is 12.9. The van der Waals surface area contributed by atoms with Crippen LogP contribution in [0.4, 0.5) is 10.1 Å². The summed E-state index contributed by atoms with van der Waals surface area (Å²) in [5, 5.41) is 0. The Morgan fingerprint density at radius 3 is 2.56 bits per heavy atom. The minimum atomic E-state index is -0.375. The predicted molar refractivity (Wildman–Crippen MR) is 60.3 cm³/mol. The maximum Gasteiger partial charge on any atom is 0.146 e. The fourth-order valence-corrected chi connectivity index (χ4v) is 1.46. The van der Waals surface area contributed by atoms with Crippen LogP contribution >= 0.6 is 0 Å². The Morgan fingerprint density at radius 1 is 1.12 bits per heavy atom. The van der Waals surface area contributed by atoms with Crippen molar-refractivity contribution in [2.24, 2.45) is 0 Å². The van der Waals surface area contributed by atoms with Gasteiger partial charge in [0.25, 0.3) is 0 Å². The molecule has 1 aromatic carbocycles. The van der Waals surface area contributed by atoms with Crippen LogP contribution in [-0.4, -0.2) is 9.97 Å². The summed E-state index contributed by atoms with van der Waals surface area (Å²) >= 11 is 0. The molecule has 0 unspecified atom stereocenters. The van der Waals surface area contributed by atoms with E-state index in [2.05, 4.69) is 9.97 Å². The van der Waals surface area contributed by atoms with Gasteiger partial charge in [0.05, 0.1) is 5.69 Å². The molecule has 0 atom stereocenters. The van der Waals surface area contributed by atoms with Gasteiger partial charge >= 0.3 is 0 Å². The zero-order chi connectivity index (χ0) is 11.4. The van der Waals surface area contributed by atoms with Crippen LogP contribution in [0.1, 0.15) is 11.4 Å². The summed E-state index contributed by atoms with van der Waals surface area (Å²) in [5.74, 6) is 0.408. The van der Waals surface area contributed by atoms with Crippen LogP contribution in [0.2, 0.25) is 0 Å². The van der Waals surface area contributed by atoms with Gasteiger partial charge in [0.2, 0.25) is 0 Å². The molecule has 0 aliphatic heterocycles. The van der Waals surface area contributed by atoms with Gasteiger partial charge in [-0.15, -0.1) is 0 Å². The quantitative estimate of drug-likeness (QED) is 0.800. The summed E-state index contributed by atoms with van der Waals surface area (Å²) in [7, 11) is 0. The van der Waals surface area contributed by atoms with Gasteiger partial charge in [0, 0.05) is 18.8 Å². The van der Waals surface area contributed by atoms with Gasteiger partial charge in [-0.1, -0.05) is 6.07 Å². The number of hydrogen-bond acceptors (Lipinski definition) is 3. The lowest BCUT2D eigenvalue weighted by atomic mass is 10.1. The van der Waals surface area contributed by atoms with E-state index < -0.39 is 0 Å². The first kappa shape index (κ1) is 10.5. The monoisotopic (exact) mass is 217 g/mol. The minimum Gasteiger partial charge on any atom is -0.396 e. The van der Waals surface area contributed by atoms with E-state index >= 15 is 0 Å². The van der Waals surface area contributed by atoms with Crippen molar-refractivity contribution in [2.45, 2.75) is 12.8 Å². The second-order valence-electron chi connectivity index (χ2n) is 3.52. The lowest BCUT2D eigenvalue weighted by Gasteiger charge is -2.02. The van der Waals surface area contributed by atoms with Crippen LogP contribution in [0.3, 0.4) is 0 Å². The Bertz CT molecular complexity index is 471. The first-order valence-corrected chi connectivity index (χ1v) is 5.05. The molecule has 0 saturated heterocycles. The normalized spacial score (nSPS) is 10.3. The fourth-order valence-electron chi connectivity index (χ4n) is 1.46. The third kappa shape index (κ3) is 2.53. The molecule has 3 nitrogen and oxygen atoms in total. The topological polar surface area (TPSA) is 51.8 Å². The second kappa shape index (κ2) is 4.70. The first-order chi connectivity index (χ1) is 7.75. The lowest BCUT2D eigenvalue weighted by molar-refractivity contribution is 0.631. The van der Waals surface area contributed by atoms with Crippen molar-refractivity contribution in [1.82, 2.24) is 9.97 Å². The zero-order valence-electron chi connectivity index (χ0n) is 8.73. The second-order valence-corrected chi connectivity index (χ2v) is 3.52. The smallest absolute Gasteiger partial charge is 0.146 e. The standard InChI is InChI=1S/C12H12FN3/c13-10-4-2-9(8-11(10)14)3-5-12-15-6-1-7-16-12/h1-2,4,6-8H,3,5,14H2. The van der Waals surface area contributed by atoms with Crippen molar-refractivity contribution in [3.8, 4) is 0 Å². The van der Waals surface area contributed by atoms with E-state index in [0.717, 1.165) is 24.2 Å². The summed E-state index contributed by atoms with van der Waals surface area (Å²) in [6.45, 7) is 0. The van der Waals surface area contributed by atoms with Gasteiger partial charge < -0.3 is 5.73 Å². The lowest BCUT2D eigenvalue weighted by Crippen LogP contribution is -1.98. The predicted octanol–water partition coefficient (Wildman–Crippen LogP) is 1.98. The third-order valence-corrected chi connectivity index (χ3v) is 2.32. The molecule has 0 amide bonds. The molecule has 2 aromatic rings. The highest BCUT2D eigenvalue weighted by Crippen LogP contribution is 2.13. The van der Waals surface area contributed by atoms with Gasteiger partial charge in [-0.25, -0.2) is 14.4 Å². The Balaban J connectivity index is 2.03. The molecule has 0 aliphatic rings. The van der Waals surface area contributed by atoms with Gasteiger partial charge in [0.1, 0.15) is 11.6 Å². The van der Waals surface area contributed by atoms with Crippen LogP contribution in [0.5, 0.6) is 0 Å². The van der Waals surface area contributed by atoms with Gasteiger partial charge in [-0.05, 0) is 30.2 Å². The number of nitrogens with zero attached hydrogens (tertiary/aromatic N) is 2. The van der Waals surface area contributed by atoms with Crippen LogP contribution in [0.25, 0.3) is 0 Å². The Labute approximate surface area is 93.2 Å². The number of benzene rings is 1. The van der Waals surface area contributed by atoms with E-state index in [1.165, 1.54) is 6.07 Å². The number of hydrogen-bond donors (Lipinski definition) is 1. The minimum absolute atomic E-state index is 0.187. The van der Waals surface area contributed by atoms with Crippen molar-refractivity contribution in [3.05, 3.63) is 53.9 Å². The van der Waals surface area contributed by atoms with Gasteiger partial charge in [-0.3, -0.25) is 0 Å². The van der Waals surface area contributed by atoms with E-state index in [0.29, 0.717) is 0 Å². The molecule has 16 heavy (non-hydrogen) atoms. The molecule has 1 heterocycles. The zero-order valence-corrected chi connectivity index (χ0v) is 8.73. The largest absolute Gasteiger partial charge is 0.396 e. The number of aromatic nitrogens is 2. The Hall–Kier alpha value is -1.97. The van der Waals surface area contributed by atoms with Crippen molar-refractivity contribution < 1.29 is 4.39 Å². The highest BCUT2D eigenvalue weighted by atomic mass is 19.1. The average molecular weight is 217 g/mol. The molecule has 0 spiro atoms. The van der Waals surface area contributed by atoms with Crippen LogP contribution in [0.15, 0.2) is 36.7 Å². The SMILES string of the molecule is Nc1cc(CCc2ncccn2)ccc1F. The third-order valence-electron chi connectivity index (χ3n) is 2.32. The molecule has 2 rings (SSSR count). The molecule has 2 N–H and O–H groups in total. The van der Waals surface area contributed by atoms with Gasteiger partial charge in [-0.2, -0.15) is 0 Å². The molecule has 0 saturated carbocycles. The number of nitrogen functional groups attached to an aromatic ring is 1. The maximum atomic E-state index is 12.9. The number of rotatable bonds is 3. The molecule has 0 fully saturated rings. The highest BCUT2D eigenvalue weighted by Gasteiger charge is 2.01. The number of nitrogens with two attached hydrogens (primary N) is 1. The molecular formula is C12H12FN3. The van der Waals surface area contributed by atoms with Gasteiger partial charge in [0.15, 0.2) is 0 Å². The highest BCUT2D eigenvalue weighted by molar-refractivity contribution is 5.42. The van der Waals surface area contributed by atoms with Crippen molar-refractivity contribution >= 4 is 5.69 Å². The van der Waals surface area contributed by atoms with Crippen molar-refractivity contribution in [1.29, 1.82) is 0 Å². The Morgan fingerprint density at radius 2 is 1.88 bits per heavy atom. The molecule has 82 valence electrons. The summed E-state index contributed by atoms with van der Waals surface area (Å²) in [4.78, 5) is 8.23. The molecule has 0 radical (unpaired) electrons. The summed E-state index contributed by atoms with van der Waals surface area (Å²) in [6, 6.07) is 6.54. The number of halogens is 1. The van der Waals surface area contributed by atoms with E-state index in [1.54, 1.807) is 30.6 Å². The van der Waals surface area contributed by atoms with Crippen LogP contribution < -0.4 is 5.73 Å². The first-order valence-electron chi connectivity index (χ1n) is 5.05. The summed E-state index contributed by atoms with van der Waals surface area (Å²) < 4.78 is 12.9. The fraction of sp³-hybridized carbons (Fsp3) is 0.167.